The zero-order valence-corrected chi connectivity index (χ0v) is 40.6. The van der Waals surface area contributed by atoms with E-state index in [2.05, 4.69) is 43.5 Å². The number of esters is 1. The van der Waals surface area contributed by atoms with Crippen LogP contribution in [-0.4, -0.2) is 47.4 Å². The van der Waals surface area contributed by atoms with Crippen LogP contribution < -0.4 is 5.32 Å². The number of hydrogen-bond donors (Lipinski definition) is 3. The van der Waals surface area contributed by atoms with E-state index in [4.69, 9.17) is 4.74 Å². The van der Waals surface area contributed by atoms with Gasteiger partial charge in [0.1, 0.15) is 0 Å². The van der Waals surface area contributed by atoms with Gasteiger partial charge in [0.2, 0.25) is 5.91 Å². The Balaban J connectivity index is 3.46. The lowest BCUT2D eigenvalue weighted by Crippen LogP contribution is -2.45. The number of amides is 1. The number of hydrogen-bond acceptors (Lipinski definition) is 5. The molecule has 3 N–H and O–H groups in total. The molecule has 1 amide bonds. The molecule has 0 aromatic heterocycles. The van der Waals surface area contributed by atoms with Crippen molar-refractivity contribution in [1.82, 2.24) is 5.32 Å². The van der Waals surface area contributed by atoms with Gasteiger partial charge in [-0.2, -0.15) is 0 Å². The highest BCUT2D eigenvalue weighted by molar-refractivity contribution is 5.76. The van der Waals surface area contributed by atoms with Crippen LogP contribution in [0.2, 0.25) is 0 Å². The molecule has 0 saturated heterocycles. The number of allylic oxidation sites excluding steroid dienone is 5. The first-order valence-electron chi connectivity index (χ1n) is 26.8. The standard InChI is InChI=1S/C55H103NO5/c1-3-5-7-9-11-13-15-17-24-27-31-35-39-43-47-53(58)52(51-57)56-54(59)48-44-40-36-32-28-25-21-19-18-20-22-26-30-34-38-42-46-50-61-55(60)49-45-41-37-33-29-23-16-14-12-10-8-6-4-2/h8,10,14,16,43,47,52-53,57-58H,3-7,9,11-13,15,17-42,44-46,48-51H2,1-2H3,(H,56,59)/b10-8-,16-14-,47-43+. The van der Waals surface area contributed by atoms with Gasteiger partial charge in [0, 0.05) is 12.8 Å². The molecule has 2 atom stereocenters. The third-order valence-corrected chi connectivity index (χ3v) is 12.1. The van der Waals surface area contributed by atoms with Crippen LogP contribution in [0.15, 0.2) is 36.5 Å². The number of carbonyl (C=O) groups is 2. The molecule has 0 fully saturated rings. The Hall–Kier alpha value is -1.92. The van der Waals surface area contributed by atoms with Crippen molar-refractivity contribution in [1.29, 1.82) is 0 Å². The summed E-state index contributed by atoms with van der Waals surface area (Å²) in [5.74, 6) is -0.0854. The fraction of sp³-hybridized carbons (Fsp3) is 0.855. The van der Waals surface area contributed by atoms with E-state index in [1.807, 2.05) is 6.08 Å². The summed E-state index contributed by atoms with van der Waals surface area (Å²) in [4.78, 5) is 24.4. The number of aliphatic hydroxyl groups is 2. The van der Waals surface area contributed by atoms with Gasteiger partial charge in [0.15, 0.2) is 0 Å². The Morgan fingerprint density at radius 2 is 0.852 bits per heavy atom. The molecule has 6 nitrogen and oxygen atoms in total. The molecule has 0 saturated carbocycles. The summed E-state index contributed by atoms with van der Waals surface area (Å²) < 4.78 is 5.45. The SMILES string of the molecule is CCC/C=C\C/C=C\CCCCCCCC(=O)OCCCCCCCCCCCCCCCCCCCC(=O)NC(CO)C(O)/C=C/CCCCCCCCCCCCCC. The van der Waals surface area contributed by atoms with Crippen LogP contribution in [-0.2, 0) is 14.3 Å². The van der Waals surface area contributed by atoms with E-state index in [9.17, 15) is 19.8 Å². The van der Waals surface area contributed by atoms with Crippen molar-refractivity contribution in [2.45, 2.75) is 289 Å². The molecule has 2 unspecified atom stereocenters. The fourth-order valence-corrected chi connectivity index (χ4v) is 8.02. The Bertz CT molecular complexity index is 993. The van der Waals surface area contributed by atoms with Crippen molar-refractivity contribution in [3.8, 4) is 0 Å². The van der Waals surface area contributed by atoms with Gasteiger partial charge in [-0.25, -0.2) is 0 Å². The minimum Gasteiger partial charge on any atom is -0.466 e. The smallest absolute Gasteiger partial charge is 0.305 e. The summed E-state index contributed by atoms with van der Waals surface area (Å²) in [7, 11) is 0. The molecule has 0 aliphatic heterocycles. The van der Waals surface area contributed by atoms with Gasteiger partial charge in [-0.05, 0) is 57.8 Å². The molecule has 0 spiro atoms. The third-order valence-electron chi connectivity index (χ3n) is 12.1. The summed E-state index contributed by atoms with van der Waals surface area (Å²) in [5, 5.41) is 23.1. The minimum absolute atomic E-state index is 0.0114. The number of rotatable bonds is 49. The topological polar surface area (TPSA) is 95.9 Å². The number of ether oxygens (including phenoxy) is 1. The first kappa shape index (κ1) is 59.1. The van der Waals surface area contributed by atoms with Crippen molar-refractivity contribution in [3.05, 3.63) is 36.5 Å². The Labute approximate surface area is 379 Å². The molecule has 358 valence electrons. The molecule has 0 aliphatic rings. The lowest BCUT2D eigenvalue weighted by molar-refractivity contribution is -0.143. The highest BCUT2D eigenvalue weighted by Crippen LogP contribution is 2.16. The van der Waals surface area contributed by atoms with Crippen LogP contribution in [0.5, 0.6) is 0 Å². The summed E-state index contributed by atoms with van der Waals surface area (Å²) in [6.07, 6.45) is 61.5. The molecule has 0 aromatic carbocycles. The molecule has 0 aliphatic carbocycles. The number of unbranched alkanes of at least 4 members (excludes halogenated alkanes) is 34. The van der Waals surface area contributed by atoms with Crippen molar-refractivity contribution in [3.63, 3.8) is 0 Å². The summed E-state index contributed by atoms with van der Waals surface area (Å²) in [6, 6.07) is -0.632. The molecule has 61 heavy (non-hydrogen) atoms. The highest BCUT2D eigenvalue weighted by atomic mass is 16.5. The highest BCUT2D eigenvalue weighted by Gasteiger charge is 2.18. The van der Waals surface area contributed by atoms with Gasteiger partial charge >= 0.3 is 5.97 Å². The minimum atomic E-state index is -0.848. The van der Waals surface area contributed by atoms with E-state index >= 15 is 0 Å². The van der Waals surface area contributed by atoms with E-state index in [-0.39, 0.29) is 18.5 Å². The molecule has 0 heterocycles. The zero-order valence-electron chi connectivity index (χ0n) is 40.6. The zero-order chi connectivity index (χ0) is 44.4. The van der Waals surface area contributed by atoms with E-state index < -0.39 is 12.1 Å². The van der Waals surface area contributed by atoms with Crippen LogP contribution in [0.1, 0.15) is 277 Å². The predicted molar refractivity (Wildman–Crippen MR) is 264 cm³/mol. The Morgan fingerprint density at radius 1 is 0.459 bits per heavy atom. The molecule has 6 heteroatoms. The van der Waals surface area contributed by atoms with Crippen LogP contribution >= 0.6 is 0 Å². The average molecular weight is 858 g/mol. The maximum Gasteiger partial charge on any atom is 0.305 e. The van der Waals surface area contributed by atoms with Gasteiger partial charge < -0.3 is 20.3 Å². The number of nitrogens with one attached hydrogen (secondary N) is 1. The number of carbonyl (C=O) groups excluding carboxylic acids is 2. The van der Waals surface area contributed by atoms with Crippen molar-refractivity contribution in [2.24, 2.45) is 0 Å². The average Bonchev–Trinajstić information content (AvgIpc) is 3.26. The lowest BCUT2D eigenvalue weighted by Gasteiger charge is -2.20. The molecule has 0 rings (SSSR count). The molecule has 0 radical (unpaired) electrons. The van der Waals surface area contributed by atoms with Crippen molar-refractivity contribution >= 4 is 11.9 Å². The first-order valence-corrected chi connectivity index (χ1v) is 26.8. The lowest BCUT2D eigenvalue weighted by atomic mass is 10.0. The largest absolute Gasteiger partial charge is 0.466 e. The predicted octanol–water partition coefficient (Wildman–Crippen LogP) is 16.1. The Kier molecular flexibility index (Phi) is 49.1. The monoisotopic (exact) mass is 858 g/mol. The van der Waals surface area contributed by atoms with E-state index in [0.29, 0.717) is 19.4 Å². The van der Waals surface area contributed by atoms with Crippen molar-refractivity contribution < 1.29 is 24.5 Å². The normalized spacial score (nSPS) is 12.9. The van der Waals surface area contributed by atoms with E-state index in [1.54, 1.807) is 6.08 Å². The third kappa shape index (κ3) is 47.4. The summed E-state index contributed by atoms with van der Waals surface area (Å²) >= 11 is 0. The van der Waals surface area contributed by atoms with Gasteiger partial charge in [0.05, 0.1) is 25.4 Å². The second kappa shape index (κ2) is 50.7. The maximum atomic E-state index is 12.4. The van der Waals surface area contributed by atoms with Gasteiger partial charge in [-0.1, -0.05) is 243 Å². The maximum absolute atomic E-state index is 12.4. The number of aliphatic hydroxyl groups excluding tert-OH is 2. The van der Waals surface area contributed by atoms with Crippen LogP contribution in [0.4, 0.5) is 0 Å². The molecular weight excluding hydrogens is 755 g/mol. The van der Waals surface area contributed by atoms with E-state index in [1.165, 1.54) is 199 Å². The molecular formula is C55H103NO5. The van der Waals surface area contributed by atoms with Crippen LogP contribution in [0.25, 0.3) is 0 Å². The second-order valence-corrected chi connectivity index (χ2v) is 18.2. The fourth-order valence-electron chi connectivity index (χ4n) is 8.02. The summed E-state index contributed by atoms with van der Waals surface area (Å²) in [5.41, 5.74) is 0. The Morgan fingerprint density at radius 3 is 1.31 bits per heavy atom. The first-order chi connectivity index (χ1) is 30.0. The van der Waals surface area contributed by atoms with Crippen LogP contribution in [0, 0.1) is 0 Å². The molecule has 0 aromatic rings. The van der Waals surface area contributed by atoms with Gasteiger partial charge in [0.25, 0.3) is 0 Å². The van der Waals surface area contributed by atoms with Gasteiger partial charge in [-0.15, -0.1) is 0 Å². The second-order valence-electron chi connectivity index (χ2n) is 18.2. The van der Waals surface area contributed by atoms with Crippen molar-refractivity contribution in [2.75, 3.05) is 13.2 Å². The van der Waals surface area contributed by atoms with Crippen LogP contribution in [0.3, 0.4) is 0 Å². The quantitative estimate of drug-likeness (QED) is 0.0322. The molecule has 0 bridgehead atoms. The van der Waals surface area contributed by atoms with E-state index in [0.717, 1.165) is 51.4 Å². The van der Waals surface area contributed by atoms with Gasteiger partial charge in [-0.3, -0.25) is 9.59 Å². The summed E-state index contributed by atoms with van der Waals surface area (Å²) in [6.45, 7) is 4.82.